The van der Waals surface area contributed by atoms with Crippen LogP contribution in [0.1, 0.15) is 59.8 Å². The van der Waals surface area contributed by atoms with Crippen molar-refractivity contribution in [3.8, 4) is 0 Å². The quantitative estimate of drug-likeness (QED) is 0.591. The second-order valence-corrected chi connectivity index (χ2v) is 11.5. The predicted octanol–water partition coefficient (Wildman–Crippen LogP) is 4.65. The van der Waals surface area contributed by atoms with Crippen molar-refractivity contribution >= 4 is 8.32 Å². The first kappa shape index (κ1) is 16.3. The lowest BCUT2D eigenvalue weighted by Gasteiger charge is -2.44. The highest BCUT2D eigenvalue weighted by atomic mass is 28.4. The lowest BCUT2D eigenvalue weighted by Crippen LogP contribution is -2.50. The summed E-state index contributed by atoms with van der Waals surface area (Å²) in [5, 5.41) is 10.1. The minimum Gasteiger partial charge on any atom is -0.407 e. The summed E-state index contributed by atoms with van der Waals surface area (Å²) in [7, 11) is -1.61. The Morgan fingerprint density at radius 2 is 1.90 bits per heavy atom. The molecule has 0 saturated heterocycles. The first-order chi connectivity index (χ1) is 9.52. The fourth-order valence-corrected chi connectivity index (χ4v) is 7.38. The van der Waals surface area contributed by atoms with Gasteiger partial charge < -0.3 is 9.53 Å². The molecule has 0 spiro atoms. The summed E-state index contributed by atoms with van der Waals surface area (Å²) in [6.45, 7) is 9.27. The normalized spacial score (nSPS) is 34.5. The van der Waals surface area contributed by atoms with E-state index in [2.05, 4.69) is 33.8 Å². The topological polar surface area (TPSA) is 29.5 Å². The molecule has 0 aliphatic heterocycles. The molecule has 2 nitrogen and oxygen atoms in total. The Kier molecular flexibility index (Phi) is 5.14. The first-order valence-corrected chi connectivity index (χ1v) is 11.1. The first-order valence-electron chi connectivity index (χ1n) is 8.61. The number of hydrogen-bond donors (Lipinski definition) is 1. The molecule has 0 unspecified atom stereocenters. The van der Waals surface area contributed by atoms with Gasteiger partial charge in [0, 0.05) is 0 Å². The van der Waals surface area contributed by atoms with E-state index in [9.17, 15) is 5.11 Å². The average Bonchev–Trinajstić information content (AvgIpc) is 2.81. The molecule has 1 N–H and O–H groups in total. The molecule has 0 aromatic carbocycles. The van der Waals surface area contributed by atoms with Gasteiger partial charge in [-0.15, -0.1) is 0 Å². The Labute approximate surface area is 125 Å². The van der Waals surface area contributed by atoms with Gasteiger partial charge in [0.05, 0.1) is 11.7 Å². The summed E-state index contributed by atoms with van der Waals surface area (Å²) >= 11 is 0. The Morgan fingerprint density at radius 3 is 2.50 bits per heavy atom. The lowest BCUT2D eigenvalue weighted by molar-refractivity contribution is 0.0413. The number of hydrogen-bond acceptors (Lipinski definition) is 2. The molecule has 116 valence electrons. The van der Waals surface area contributed by atoms with Crippen molar-refractivity contribution < 1.29 is 9.53 Å². The fraction of sp³-hybridized carbons (Fsp3) is 0.882. The van der Waals surface area contributed by atoms with Gasteiger partial charge in [-0.3, -0.25) is 0 Å². The number of aliphatic hydroxyl groups is 1. The fourth-order valence-electron chi connectivity index (χ4n) is 4.24. The smallest absolute Gasteiger partial charge is 0.193 e. The van der Waals surface area contributed by atoms with Crippen molar-refractivity contribution in [3.05, 3.63) is 11.6 Å². The molecule has 3 atom stereocenters. The highest BCUT2D eigenvalue weighted by Crippen LogP contribution is 2.49. The maximum absolute atomic E-state index is 10.1. The Hall–Kier alpha value is -0.123. The van der Waals surface area contributed by atoms with E-state index in [-0.39, 0.29) is 11.7 Å². The van der Waals surface area contributed by atoms with Gasteiger partial charge >= 0.3 is 0 Å². The van der Waals surface area contributed by atoms with E-state index < -0.39 is 8.32 Å². The van der Waals surface area contributed by atoms with Crippen LogP contribution < -0.4 is 0 Å². The molecule has 1 saturated carbocycles. The van der Waals surface area contributed by atoms with Crippen LogP contribution in [-0.4, -0.2) is 25.1 Å². The highest BCUT2D eigenvalue weighted by Gasteiger charge is 2.49. The van der Waals surface area contributed by atoms with E-state index in [4.69, 9.17) is 4.43 Å². The second kappa shape index (κ2) is 6.33. The molecule has 0 amide bonds. The van der Waals surface area contributed by atoms with Gasteiger partial charge in [-0.2, -0.15) is 0 Å². The van der Waals surface area contributed by atoms with Crippen LogP contribution in [0.2, 0.25) is 18.1 Å². The number of fused-ring (bicyclic) bond motifs is 1. The minimum atomic E-state index is -1.61. The Balaban J connectivity index is 2.35. The van der Waals surface area contributed by atoms with Gasteiger partial charge in [0.2, 0.25) is 0 Å². The van der Waals surface area contributed by atoms with Crippen molar-refractivity contribution in [2.24, 2.45) is 5.92 Å². The van der Waals surface area contributed by atoms with Gasteiger partial charge in [0.1, 0.15) is 0 Å². The van der Waals surface area contributed by atoms with Crippen LogP contribution in [0.3, 0.4) is 0 Å². The highest BCUT2D eigenvalue weighted by molar-refractivity contribution is 6.73. The predicted molar refractivity (Wildman–Crippen MR) is 87.4 cm³/mol. The second-order valence-electron chi connectivity index (χ2n) is 6.83. The molecule has 20 heavy (non-hydrogen) atoms. The molecule has 2 aliphatic rings. The molecular weight excluding hydrogens is 264 g/mol. The molecule has 2 aliphatic carbocycles. The molecule has 0 radical (unpaired) electrons. The van der Waals surface area contributed by atoms with Crippen LogP contribution in [0.25, 0.3) is 0 Å². The van der Waals surface area contributed by atoms with Crippen molar-refractivity contribution in [1.82, 2.24) is 0 Å². The largest absolute Gasteiger partial charge is 0.407 e. The molecular formula is C17H32O2Si. The zero-order valence-corrected chi connectivity index (χ0v) is 14.7. The van der Waals surface area contributed by atoms with Gasteiger partial charge in [0.25, 0.3) is 0 Å². The van der Waals surface area contributed by atoms with E-state index in [0.717, 1.165) is 19.3 Å². The number of aliphatic hydroxyl groups excluding tert-OH is 1. The molecule has 0 aromatic heterocycles. The zero-order chi connectivity index (χ0) is 14.8. The monoisotopic (exact) mass is 296 g/mol. The van der Waals surface area contributed by atoms with Gasteiger partial charge in [-0.1, -0.05) is 33.8 Å². The van der Waals surface area contributed by atoms with Gasteiger partial charge in [-0.05, 0) is 61.7 Å². The van der Waals surface area contributed by atoms with Crippen LogP contribution in [-0.2, 0) is 4.43 Å². The summed E-state index contributed by atoms with van der Waals surface area (Å²) in [6.07, 6.45) is 7.39. The van der Waals surface area contributed by atoms with E-state index in [1.165, 1.54) is 36.5 Å². The summed E-state index contributed by atoms with van der Waals surface area (Å²) in [6, 6.07) is 3.64. The van der Waals surface area contributed by atoms with E-state index in [1.807, 2.05) is 0 Å². The average molecular weight is 297 g/mol. The standard InChI is InChI=1S/C17H32O2Si/c1-5-20(6-2,7-3)19-17-12-8-9-15(17)13-16(18)11-10-14(17)4/h13-14,16,18H,5-12H2,1-4H3/t14-,16-,17-/m0/s1. The minimum absolute atomic E-state index is 0.0360. The summed E-state index contributed by atoms with van der Waals surface area (Å²) in [5.74, 6) is 0.546. The molecule has 0 bridgehead atoms. The summed E-state index contributed by atoms with van der Waals surface area (Å²) in [4.78, 5) is 0. The number of rotatable bonds is 5. The van der Waals surface area contributed by atoms with Crippen LogP contribution in [0.15, 0.2) is 11.6 Å². The third kappa shape index (κ3) is 2.77. The van der Waals surface area contributed by atoms with E-state index in [0.29, 0.717) is 5.92 Å². The molecule has 0 aromatic rings. The van der Waals surface area contributed by atoms with Crippen molar-refractivity contribution in [3.63, 3.8) is 0 Å². The summed E-state index contributed by atoms with van der Waals surface area (Å²) in [5.41, 5.74) is 1.38. The Bertz CT molecular complexity index is 354. The maximum Gasteiger partial charge on any atom is 0.193 e. The van der Waals surface area contributed by atoms with Crippen molar-refractivity contribution in [2.45, 2.75) is 89.6 Å². The summed E-state index contributed by atoms with van der Waals surface area (Å²) < 4.78 is 7.04. The van der Waals surface area contributed by atoms with Crippen LogP contribution in [0.4, 0.5) is 0 Å². The van der Waals surface area contributed by atoms with Crippen molar-refractivity contribution in [2.75, 3.05) is 0 Å². The van der Waals surface area contributed by atoms with Gasteiger partial charge in [-0.25, -0.2) is 0 Å². The molecule has 2 rings (SSSR count). The maximum atomic E-state index is 10.1. The molecule has 0 heterocycles. The van der Waals surface area contributed by atoms with Gasteiger partial charge in [0.15, 0.2) is 8.32 Å². The van der Waals surface area contributed by atoms with E-state index in [1.54, 1.807) is 0 Å². The molecule has 3 heteroatoms. The van der Waals surface area contributed by atoms with Crippen molar-refractivity contribution in [1.29, 1.82) is 0 Å². The lowest BCUT2D eigenvalue weighted by atomic mass is 9.83. The van der Waals surface area contributed by atoms with E-state index >= 15 is 0 Å². The van der Waals surface area contributed by atoms with Crippen LogP contribution in [0, 0.1) is 5.92 Å². The third-order valence-electron chi connectivity index (χ3n) is 5.95. The van der Waals surface area contributed by atoms with Crippen LogP contribution in [0.5, 0.6) is 0 Å². The van der Waals surface area contributed by atoms with Crippen LogP contribution >= 0.6 is 0 Å². The SMILES string of the molecule is CC[Si](CC)(CC)O[C@]12CCCC1=C[C@@H](O)CC[C@@H]2C. The molecule has 1 fully saturated rings. The Morgan fingerprint density at radius 1 is 1.25 bits per heavy atom. The zero-order valence-electron chi connectivity index (χ0n) is 13.7. The third-order valence-corrected chi connectivity index (χ3v) is 10.6.